The smallest absolute Gasteiger partial charge is 0.180 e. The number of hydrogen-bond acceptors (Lipinski definition) is 5. The van der Waals surface area contributed by atoms with Crippen molar-refractivity contribution in [3.63, 3.8) is 0 Å². The first kappa shape index (κ1) is 23.1. The molecule has 0 amide bonds. The summed E-state index contributed by atoms with van der Waals surface area (Å²) in [6.45, 7) is 3.41. The zero-order valence-electron chi connectivity index (χ0n) is 15.7. The van der Waals surface area contributed by atoms with Gasteiger partial charge in [-0.3, -0.25) is 0 Å². The molecule has 0 heterocycles. The average Bonchev–Trinajstić information content (AvgIpc) is 2.67. The lowest BCUT2D eigenvalue weighted by molar-refractivity contribution is 0.284. The molecular formula is C20H25Cl3N2O3. The molecule has 2 aromatic carbocycles. The largest absolute Gasteiger partial charge is 0.493 e. The minimum Gasteiger partial charge on any atom is -0.493 e. The predicted molar refractivity (Wildman–Crippen MR) is 115 cm³/mol. The number of aliphatic hydroxyl groups excluding tert-OH is 1. The van der Waals surface area contributed by atoms with Crippen LogP contribution in [0.5, 0.6) is 11.5 Å². The normalized spacial score (nSPS) is 10.9. The molecule has 5 nitrogen and oxygen atoms in total. The van der Waals surface area contributed by atoms with Crippen LogP contribution in [0.25, 0.3) is 0 Å². The summed E-state index contributed by atoms with van der Waals surface area (Å²) in [5.41, 5.74) is 1.81. The van der Waals surface area contributed by atoms with E-state index in [9.17, 15) is 0 Å². The van der Waals surface area contributed by atoms with Crippen LogP contribution in [0.2, 0.25) is 15.1 Å². The van der Waals surface area contributed by atoms with E-state index in [2.05, 4.69) is 10.6 Å². The Hall–Kier alpha value is -1.21. The minimum atomic E-state index is 0.157. The van der Waals surface area contributed by atoms with E-state index < -0.39 is 0 Å². The number of aliphatic hydroxyl groups is 1. The van der Waals surface area contributed by atoms with Gasteiger partial charge in [0.2, 0.25) is 0 Å². The summed E-state index contributed by atoms with van der Waals surface area (Å²) in [6.07, 6.45) is 0.966. The van der Waals surface area contributed by atoms with Crippen molar-refractivity contribution in [3.05, 3.63) is 56.5 Å². The number of benzene rings is 2. The highest BCUT2D eigenvalue weighted by Crippen LogP contribution is 2.37. The van der Waals surface area contributed by atoms with E-state index in [1.54, 1.807) is 19.2 Å². The molecule has 2 rings (SSSR count). The Morgan fingerprint density at radius 1 is 0.964 bits per heavy atom. The van der Waals surface area contributed by atoms with Crippen molar-refractivity contribution in [2.75, 3.05) is 33.4 Å². The zero-order valence-corrected chi connectivity index (χ0v) is 18.0. The lowest BCUT2D eigenvalue weighted by Crippen LogP contribution is -2.23. The Morgan fingerprint density at radius 2 is 1.75 bits per heavy atom. The molecule has 8 heteroatoms. The Morgan fingerprint density at radius 3 is 2.46 bits per heavy atom. The maximum absolute atomic E-state index is 8.72. The van der Waals surface area contributed by atoms with Gasteiger partial charge in [-0.1, -0.05) is 40.9 Å². The summed E-state index contributed by atoms with van der Waals surface area (Å²) >= 11 is 18.5. The first-order valence-corrected chi connectivity index (χ1v) is 10.1. The molecule has 28 heavy (non-hydrogen) atoms. The van der Waals surface area contributed by atoms with Gasteiger partial charge < -0.3 is 25.2 Å². The van der Waals surface area contributed by atoms with Crippen LogP contribution in [0.1, 0.15) is 17.5 Å². The molecule has 154 valence electrons. The van der Waals surface area contributed by atoms with Crippen molar-refractivity contribution in [2.24, 2.45) is 0 Å². The lowest BCUT2D eigenvalue weighted by Gasteiger charge is -2.15. The molecule has 0 saturated carbocycles. The van der Waals surface area contributed by atoms with E-state index in [1.165, 1.54) is 0 Å². The van der Waals surface area contributed by atoms with Gasteiger partial charge in [0, 0.05) is 28.7 Å². The highest BCUT2D eigenvalue weighted by Gasteiger charge is 2.13. The number of ether oxygens (including phenoxy) is 2. The van der Waals surface area contributed by atoms with Gasteiger partial charge in [-0.25, -0.2) is 0 Å². The lowest BCUT2D eigenvalue weighted by atomic mass is 10.2. The fourth-order valence-electron chi connectivity index (χ4n) is 2.58. The highest BCUT2D eigenvalue weighted by molar-refractivity contribution is 6.35. The first-order valence-electron chi connectivity index (χ1n) is 9.00. The molecule has 0 atom stereocenters. The van der Waals surface area contributed by atoms with Gasteiger partial charge in [0.15, 0.2) is 11.5 Å². The van der Waals surface area contributed by atoms with Crippen LogP contribution < -0.4 is 20.1 Å². The van der Waals surface area contributed by atoms with E-state index in [0.29, 0.717) is 39.7 Å². The third-order valence-electron chi connectivity index (χ3n) is 4.00. The predicted octanol–water partition coefficient (Wildman–Crippen LogP) is 4.30. The monoisotopic (exact) mass is 446 g/mol. The van der Waals surface area contributed by atoms with Crippen LogP contribution in [0.4, 0.5) is 0 Å². The molecule has 0 aliphatic rings. The zero-order chi connectivity index (χ0) is 20.4. The van der Waals surface area contributed by atoms with E-state index in [-0.39, 0.29) is 13.2 Å². The second kappa shape index (κ2) is 12.4. The molecule has 3 N–H and O–H groups in total. The van der Waals surface area contributed by atoms with Gasteiger partial charge in [-0.05, 0) is 49.3 Å². The van der Waals surface area contributed by atoms with Crippen molar-refractivity contribution >= 4 is 34.8 Å². The van der Waals surface area contributed by atoms with Gasteiger partial charge in [-0.15, -0.1) is 0 Å². The number of rotatable bonds is 12. The van der Waals surface area contributed by atoms with E-state index in [1.807, 2.05) is 18.2 Å². The SMILES string of the molecule is COc1cc(CNCCCNCCO)cc(Cl)c1OCc1ccc(Cl)cc1Cl. The number of nitrogens with one attached hydrogen (secondary N) is 2. The second-order valence-electron chi connectivity index (χ2n) is 6.14. The Labute approximate surface area is 180 Å². The molecule has 0 aliphatic heterocycles. The molecule has 0 aromatic heterocycles. The van der Waals surface area contributed by atoms with Gasteiger partial charge in [0.05, 0.1) is 18.7 Å². The van der Waals surface area contributed by atoms with Gasteiger partial charge in [0.1, 0.15) is 6.61 Å². The molecule has 0 bridgehead atoms. The summed E-state index contributed by atoms with van der Waals surface area (Å²) in [7, 11) is 1.58. The quantitative estimate of drug-likeness (QED) is 0.424. The van der Waals surface area contributed by atoms with Crippen LogP contribution in [-0.2, 0) is 13.2 Å². The molecule has 2 aromatic rings. The number of methoxy groups -OCH3 is 1. The van der Waals surface area contributed by atoms with Crippen molar-refractivity contribution in [2.45, 2.75) is 19.6 Å². The molecule has 0 fully saturated rings. The standard InChI is InChI=1S/C20H25Cl3N2O3/c1-27-19-10-14(12-25-6-2-5-24-7-8-26)9-18(23)20(19)28-13-15-3-4-16(21)11-17(15)22/h3-4,9-11,24-26H,2,5-8,12-13H2,1H3. The Kier molecular flexibility index (Phi) is 10.2. The van der Waals surface area contributed by atoms with Crippen LogP contribution in [0.15, 0.2) is 30.3 Å². The fourth-order valence-corrected chi connectivity index (χ4v) is 3.33. The third-order valence-corrected chi connectivity index (χ3v) is 4.87. The summed E-state index contributed by atoms with van der Waals surface area (Å²) in [6, 6.07) is 9.02. The molecule has 0 radical (unpaired) electrons. The van der Waals surface area contributed by atoms with Gasteiger partial charge in [0.25, 0.3) is 0 Å². The van der Waals surface area contributed by atoms with Crippen LogP contribution in [0, 0.1) is 0 Å². The topological polar surface area (TPSA) is 62.8 Å². The fraction of sp³-hybridized carbons (Fsp3) is 0.400. The van der Waals surface area contributed by atoms with Crippen LogP contribution in [-0.4, -0.2) is 38.5 Å². The summed E-state index contributed by atoms with van der Waals surface area (Å²) in [4.78, 5) is 0. The summed E-state index contributed by atoms with van der Waals surface area (Å²) < 4.78 is 11.3. The molecule has 0 saturated heterocycles. The minimum absolute atomic E-state index is 0.157. The van der Waals surface area contributed by atoms with Gasteiger partial charge >= 0.3 is 0 Å². The number of halogens is 3. The van der Waals surface area contributed by atoms with Crippen LogP contribution in [0.3, 0.4) is 0 Å². The van der Waals surface area contributed by atoms with Gasteiger partial charge in [-0.2, -0.15) is 0 Å². The molecule has 0 unspecified atom stereocenters. The van der Waals surface area contributed by atoms with Crippen molar-refractivity contribution in [1.29, 1.82) is 0 Å². The Bertz CT molecular complexity index is 760. The van der Waals surface area contributed by atoms with Crippen molar-refractivity contribution < 1.29 is 14.6 Å². The summed E-state index contributed by atoms with van der Waals surface area (Å²) in [5.74, 6) is 1.05. The van der Waals surface area contributed by atoms with E-state index in [4.69, 9.17) is 49.4 Å². The van der Waals surface area contributed by atoms with Crippen molar-refractivity contribution in [1.82, 2.24) is 10.6 Å². The van der Waals surface area contributed by atoms with Crippen LogP contribution >= 0.6 is 34.8 Å². The second-order valence-corrected chi connectivity index (χ2v) is 7.39. The molecule has 0 aliphatic carbocycles. The van der Waals surface area contributed by atoms with Crippen molar-refractivity contribution in [3.8, 4) is 11.5 Å². The summed E-state index contributed by atoms with van der Waals surface area (Å²) in [5, 5.41) is 16.8. The number of hydrogen-bond donors (Lipinski definition) is 3. The molecular weight excluding hydrogens is 423 g/mol. The first-order chi connectivity index (χ1) is 13.5. The average molecular weight is 448 g/mol. The Balaban J connectivity index is 1.93. The van der Waals surface area contributed by atoms with E-state index in [0.717, 1.165) is 30.6 Å². The highest BCUT2D eigenvalue weighted by atomic mass is 35.5. The molecule has 0 spiro atoms. The maximum Gasteiger partial charge on any atom is 0.180 e. The van der Waals surface area contributed by atoms with E-state index >= 15 is 0 Å². The maximum atomic E-state index is 8.72. The third kappa shape index (κ3) is 7.32.